The molecule has 2 rings (SSSR count). The SMILES string of the molecule is CCCc1cc(CNC2CC2)cc(N(C)CCOCC)n1. The first-order valence-corrected chi connectivity index (χ1v) is 8.25. The van der Waals surface area contributed by atoms with Crippen LogP contribution in [0.1, 0.15) is 44.4 Å². The second kappa shape index (κ2) is 8.35. The predicted molar refractivity (Wildman–Crippen MR) is 87.9 cm³/mol. The molecule has 0 unspecified atom stereocenters. The first-order chi connectivity index (χ1) is 10.2. The highest BCUT2D eigenvalue weighted by molar-refractivity contribution is 5.42. The maximum Gasteiger partial charge on any atom is 0.128 e. The molecule has 1 aromatic heterocycles. The average molecular weight is 291 g/mol. The predicted octanol–water partition coefficient (Wildman–Crippen LogP) is 2.76. The molecule has 1 aliphatic rings. The fraction of sp³-hybridized carbons (Fsp3) is 0.706. The summed E-state index contributed by atoms with van der Waals surface area (Å²) < 4.78 is 5.44. The number of ether oxygens (including phenoxy) is 1. The van der Waals surface area contributed by atoms with E-state index < -0.39 is 0 Å². The average Bonchev–Trinajstić information content (AvgIpc) is 3.30. The smallest absolute Gasteiger partial charge is 0.128 e. The minimum absolute atomic E-state index is 0.743. The monoisotopic (exact) mass is 291 g/mol. The number of aryl methyl sites for hydroxylation is 1. The summed E-state index contributed by atoms with van der Waals surface area (Å²) in [6.07, 6.45) is 4.83. The van der Waals surface area contributed by atoms with Crippen LogP contribution >= 0.6 is 0 Å². The molecule has 4 nitrogen and oxygen atoms in total. The van der Waals surface area contributed by atoms with Crippen molar-refractivity contribution in [2.45, 2.75) is 52.1 Å². The Morgan fingerprint density at radius 2 is 2.14 bits per heavy atom. The van der Waals surface area contributed by atoms with E-state index in [9.17, 15) is 0 Å². The number of nitrogens with one attached hydrogen (secondary N) is 1. The number of likely N-dealkylation sites (N-methyl/N-ethyl adjacent to an activating group) is 1. The molecule has 0 amide bonds. The first-order valence-electron chi connectivity index (χ1n) is 8.25. The molecule has 0 atom stereocenters. The molecular weight excluding hydrogens is 262 g/mol. The number of nitrogens with zero attached hydrogens (tertiary/aromatic N) is 2. The van der Waals surface area contributed by atoms with Crippen molar-refractivity contribution in [1.82, 2.24) is 10.3 Å². The van der Waals surface area contributed by atoms with Crippen molar-refractivity contribution in [3.63, 3.8) is 0 Å². The van der Waals surface area contributed by atoms with Gasteiger partial charge >= 0.3 is 0 Å². The molecule has 1 fully saturated rings. The van der Waals surface area contributed by atoms with Crippen molar-refractivity contribution >= 4 is 5.82 Å². The van der Waals surface area contributed by atoms with Crippen LogP contribution in [0.25, 0.3) is 0 Å². The van der Waals surface area contributed by atoms with Crippen LogP contribution in [0.5, 0.6) is 0 Å². The molecule has 1 aliphatic carbocycles. The summed E-state index contributed by atoms with van der Waals surface area (Å²) in [6, 6.07) is 5.20. The fourth-order valence-electron chi connectivity index (χ4n) is 2.33. The lowest BCUT2D eigenvalue weighted by atomic mass is 10.1. The molecule has 1 aromatic rings. The standard InChI is InChI=1S/C17H29N3O/c1-4-6-16-11-14(13-18-15-7-8-15)12-17(19-16)20(3)9-10-21-5-2/h11-12,15,18H,4-10,13H2,1-3H3. The molecular formula is C17H29N3O. The van der Waals surface area contributed by atoms with Gasteiger partial charge in [-0.1, -0.05) is 13.3 Å². The van der Waals surface area contributed by atoms with Gasteiger partial charge < -0.3 is 15.0 Å². The number of aromatic nitrogens is 1. The zero-order chi connectivity index (χ0) is 15.1. The zero-order valence-electron chi connectivity index (χ0n) is 13.7. The van der Waals surface area contributed by atoms with Crippen molar-refractivity contribution in [2.75, 3.05) is 31.7 Å². The largest absolute Gasteiger partial charge is 0.380 e. The molecule has 0 aliphatic heterocycles. The molecule has 1 heterocycles. The van der Waals surface area contributed by atoms with Gasteiger partial charge in [0.25, 0.3) is 0 Å². The van der Waals surface area contributed by atoms with E-state index in [0.717, 1.165) is 51.0 Å². The van der Waals surface area contributed by atoms with E-state index in [-0.39, 0.29) is 0 Å². The summed E-state index contributed by atoms with van der Waals surface area (Å²) in [4.78, 5) is 6.98. The van der Waals surface area contributed by atoms with Crippen LogP contribution < -0.4 is 10.2 Å². The second-order valence-corrected chi connectivity index (χ2v) is 5.85. The van der Waals surface area contributed by atoms with E-state index in [1.54, 1.807) is 0 Å². The summed E-state index contributed by atoms with van der Waals surface area (Å²) in [5.74, 6) is 1.06. The van der Waals surface area contributed by atoms with Gasteiger partial charge in [0.15, 0.2) is 0 Å². The highest BCUT2D eigenvalue weighted by Gasteiger charge is 2.20. The molecule has 118 valence electrons. The van der Waals surface area contributed by atoms with Gasteiger partial charge in [0.1, 0.15) is 5.82 Å². The molecule has 0 aromatic carbocycles. The van der Waals surface area contributed by atoms with E-state index in [1.807, 2.05) is 6.92 Å². The summed E-state index contributed by atoms with van der Waals surface area (Å²) in [5.41, 5.74) is 2.55. The topological polar surface area (TPSA) is 37.4 Å². The van der Waals surface area contributed by atoms with Crippen molar-refractivity contribution in [3.05, 3.63) is 23.4 Å². The Morgan fingerprint density at radius 1 is 1.33 bits per heavy atom. The Balaban J connectivity index is 2.01. The lowest BCUT2D eigenvalue weighted by molar-refractivity contribution is 0.154. The van der Waals surface area contributed by atoms with Crippen LogP contribution in [-0.4, -0.2) is 37.8 Å². The van der Waals surface area contributed by atoms with Gasteiger partial charge in [-0.3, -0.25) is 0 Å². The minimum atomic E-state index is 0.743. The van der Waals surface area contributed by atoms with Crippen molar-refractivity contribution in [3.8, 4) is 0 Å². The van der Waals surface area contributed by atoms with Crippen LogP contribution in [0.3, 0.4) is 0 Å². The number of pyridine rings is 1. The van der Waals surface area contributed by atoms with E-state index >= 15 is 0 Å². The lowest BCUT2D eigenvalue weighted by Gasteiger charge is -2.20. The molecule has 0 spiro atoms. The first kappa shape index (κ1) is 16.2. The van der Waals surface area contributed by atoms with Crippen molar-refractivity contribution in [1.29, 1.82) is 0 Å². The fourth-order valence-corrected chi connectivity index (χ4v) is 2.33. The molecule has 4 heteroatoms. The minimum Gasteiger partial charge on any atom is -0.380 e. The number of hydrogen-bond acceptors (Lipinski definition) is 4. The van der Waals surface area contributed by atoms with Gasteiger partial charge in [-0.2, -0.15) is 0 Å². The molecule has 0 radical (unpaired) electrons. The highest BCUT2D eigenvalue weighted by Crippen LogP contribution is 2.20. The third kappa shape index (κ3) is 5.64. The van der Waals surface area contributed by atoms with Crippen LogP contribution in [-0.2, 0) is 17.7 Å². The van der Waals surface area contributed by atoms with Crippen molar-refractivity contribution in [2.24, 2.45) is 0 Å². The summed E-state index contributed by atoms with van der Waals surface area (Å²) in [5, 5.41) is 3.59. The molecule has 0 bridgehead atoms. The summed E-state index contributed by atoms with van der Waals surface area (Å²) >= 11 is 0. The number of hydrogen-bond donors (Lipinski definition) is 1. The Morgan fingerprint density at radius 3 is 2.81 bits per heavy atom. The number of anilines is 1. The maximum atomic E-state index is 5.44. The van der Waals surface area contributed by atoms with E-state index in [0.29, 0.717) is 0 Å². The Hall–Kier alpha value is -1.13. The van der Waals surface area contributed by atoms with Crippen LogP contribution in [0.4, 0.5) is 5.82 Å². The van der Waals surface area contributed by atoms with Gasteiger partial charge in [-0.15, -0.1) is 0 Å². The highest BCUT2D eigenvalue weighted by atomic mass is 16.5. The molecule has 0 saturated heterocycles. The summed E-state index contributed by atoms with van der Waals surface area (Å²) in [7, 11) is 2.09. The number of rotatable bonds is 10. The second-order valence-electron chi connectivity index (χ2n) is 5.85. The normalized spacial score (nSPS) is 14.4. The van der Waals surface area contributed by atoms with Gasteiger partial charge in [-0.25, -0.2) is 4.98 Å². The van der Waals surface area contributed by atoms with Gasteiger partial charge in [-0.05, 0) is 43.9 Å². The zero-order valence-corrected chi connectivity index (χ0v) is 13.7. The van der Waals surface area contributed by atoms with Gasteiger partial charge in [0.2, 0.25) is 0 Å². The van der Waals surface area contributed by atoms with E-state index in [1.165, 1.54) is 24.1 Å². The van der Waals surface area contributed by atoms with Crippen molar-refractivity contribution < 1.29 is 4.74 Å². The summed E-state index contributed by atoms with van der Waals surface area (Å²) in [6.45, 7) is 7.59. The third-order valence-electron chi connectivity index (χ3n) is 3.77. The van der Waals surface area contributed by atoms with Crippen LogP contribution in [0.2, 0.25) is 0 Å². The Labute approximate surface area is 128 Å². The van der Waals surface area contributed by atoms with Crippen LogP contribution in [0.15, 0.2) is 12.1 Å². The Bertz CT molecular complexity index is 432. The quantitative estimate of drug-likeness (QED) is 0.673. The third-order valence-corrected chi connectivity index (χ3v) is 3.77. The lowest BCUT2D eigenvalue weighted by Crippen LogP contribution is -2.24. The molecule has 1 N–H and O–H groups in total. The van der Waals surface area contributed by atoms with E-state index in [4.69, 9.17) is 9.72 Å². The van der Waals surface area contributed by atoms with Gasteiger partial charge in [0.05, 0.1) is 6.61 Å². The van der Waals surface area contributed by atoms with Gasteiger partial charge in [0, 0.05) is 38.5 Å². The Kier molecular flexibility index (Phi) is 6.46. The van der Waals surface area contributed by atoms with E-state index in [2.05, 4.69) is 36.3 Å². The molecule has 1 saturated carbocycles. The maximum absolute atomic E-state index is 5.44. The molecule has 21 heavy (non-hydrogen) atoms. The van der Waals surface area contributed by atoms with Crippen LogP contribution in [0, 0.1) is 0 Å².